The van der Waals surface area contributed by atoms with Gasteiger partial charge in [0.15, 0.2) is 11.0 Å². The molecule has 1 atom stereocenters. The van der Waals surface area contributed by atoms with Gasteiger partial charge in [0.1, 0.15) is 5.75 Å². The number of benzene rings is 2. The van der Waals surface area contributed by atoms with E-state index in [1.807, 2.05) is 55.8 Å². The van der Waals surface area contributed by atoms with Crippen molar-refractivity contribution in [3.05, 3.63) is 66.0 Å². The first-order valence-corrected chi connectivity index (χ1v) is 11.2. The zero-order chi connectivity index (χ0) is 23.1. The SMILES string of the molecule is COc1cccc(NC(=O)CSc2nnc(C(NC(=O)c3ccccc3)C(C)C)n2C)c1. The smallest absolute Gasteiger partial charge is 0.251 e. The van der Waals surface area contributed by atoms with Crippen molar-refractivity contribution in [3.63, 3.8) is 0 Å². The lowest BCUT2D eigenvalue weighted by atomic mass is 10.0. The molecule has 3 aromatic rings. The molecule has 0 radical (unpaired) electrons. The molecule has 2 N–H and O–H groups in total. The fourth-order valence-electron chi connectivity index (χ4n) is 3.09. The van der Waals surface area contributed by atoms with E-state index >= 15 is 0 Å². The lowest BCUT2D eigenvalue weighted by Crippen LogP contribution is -2.33. The second-order valence-electron chi connectivity index (χ2n) is 7.53. The highest BCUT2D eigenvalue weighted by Gasteiger charge is 2.25. The van der Waals surface area contributed by atoms with Gasteiger partial charge in [-0.15, -0.1) is 10.2 Å². The average molecular weight is 454 g/mol. The standard InChI is InChI=1S/C23H27N5O3S/c1-15(2)20(25-22(30)16-9-6-5-7-10-16)21-26-27-23(28(21)3)32-14-19(29)24-17-11-8-12-18(13-17)31-4/h5-13,15,20H,14H2,1-4H3,(H,24,29)(H,25,30). The van der Waals surface area contributed by atoms with E-state index in [0.717, 1.165) is 0 Å². The summed E-state index contributed by atoms with van der Waals surface area (Å²) in [6.07, 6.45) is 0. The van der Waals surface area contributed by atoms with Crippen LogP contribution >= 0.6 is 11.8 Å². The van der Waals surface area contributed by atoms with Crippen LogP contribution in [0.25, 0.3) is 0 Å². The summed E-state index contributed by atoms with van der Waals surface area (Å²) in [4.78, 5) is 25.0. The predicted octanol–water partition coefficient (Wildman–Crippen LogP) is 3.68. The van der Waals surface area contributed by atoms with Crippen molar-refractivity contribution in [1.29, 1.82) is 0 Å². The highest BCUT2D eigenvalue weighted by atomic mass is 32.2. The highest BCUT2D eigenvalue weighted by Crippen LogP contribution is 2.25. The van der Waals surface area contributed by atoms with E-state index < -0.39 is 0 Å². The van der Waals surface area contributed by atoms with Gasteiger partial charge < -0.3 is 19.9 Å². The number of ether oxygens (including phenoxy) is 1. The van der Waals surface area contributed by atoms with Gasteiger partial charge in [-0.25, -0.2) is 0 Å². The number of anilines is 1. The van der Waals surface area contributed by atoms with E-state index in [4.69, 9.17) is 4.74 Å². The van der Waals surface area contributed by atoms with Gasteiger partial charge in [-0.3, -0.25) is 9.59 Å². The number of carbonyl (C=O) groups is 2. The molecule has 0 aliphatic heterocycles. The fourth-order valence-corrected chi connectivity index (χ4v) is 3.81. The number of nitrogens with one attached hydrogen (secondary N) is 2. The largest absolute Gasteiger partial charge is 0.497 e. The molecule has 0 bridgehead atoms. The van der Waals surface area contributed by atoms with Crippen molar-refractivity contribution in [1.82, 2.24) is 20.1 Å². The van der Waals surface area contributed by atoms with Crippen LogP contribution in [0.2, 0.25) is 0 Å². The Morgan fingerprint density at radius 1 is 1.09 bits per heavy atom. The maximum atomic E-state index is 12.6. The third kappa shape index (κ3) is 5.88. The molecular weight excluding hydrogens is 426 g/mol. The number of amides is 2. The molecule has 8 nitrogen and oxygen atoms in total. The van der Waals surface area contributed by atoms with E-state index in [1.54, 1.807) is 31.4 Å². The first-order chi connectivity index (χ1) is 15.4. The molecule has 3 rings (SSSR count). The third-order valence-electron chi connectivity index (χ3n) is 4.82. The fraction of sp³-hybridized carbons (Fsp3) is 0.304. The monoisotopic (exact) mass is 453 g/mol. The van der Waals surface area contributed by atoms with E-state index in [1.165, 1.54) is 11.8 Å². The third-order valence-corrected chi connectivity index (χ3v) is 5.84. The molecular formula is C23H27N5O3S. The topological polar surface area (TPSA) is 98.1 Å². The van der Waals surface area contributed by atoms with Crippen LogP contribution in [0.5, 0.6) is 5.75 Å². The normalized spacial score (nSPS) is 11.8. The maximum Gasteiger partial charge on any atom is 0.251 e. The zero-order valence-corrected chi connectivity index (χ0v) is 19.3. The molecule has 0 aliphatic rings. The number of rotatable bonds is 9. The molecule has 2 amide bonds. The van der Waals surface area contributed by atoms with Crippen LogP contribution < -0.4 is 15.4 Å². The Morgan fingerprint density at radius 3 is 2.53 bits per heavy atom. The van der Waals surface area contributed by atoms with Gasteiger partial charge in [0.25, 0.3) is 5.91 Å². The Kier molecular flexibility index (Phi) is 7.88. The molecule has 1 unspecified atom stereocenters. The maximum absolute atomic E-state index is 12.6. The van der Waals surface area contributed by atoms with Crippen molar-refractivity contribution >= 4 is 29.3 Å². The second kappa shape index (κ2) is 10.8. The molecule has 0 spiro atoms. The number of nitrogens with zero attached hydrogens (tertiary/aromatic N) is 3. The van der Waals surface area contributed by atoms with Crippen LogP contribution in [0.1, 0.15) is 36.1 Å². The first kappa shape index (κ1) is 23.3. The van der Waals surface area contributed by atoms with Crippen LogP contribution in [0, 0.1) is 5.92 Å². The molecule has 0 fully saturated rings. The zero-order valence-electron chi connectivity index (χ0n) is 18.5. The predicted molar refractivity (Wildman–Crippen MR) is 125 cm³/mol. The van der Waals surface area contributed by atoms with E-state index in [-0.39, 0.29) is 29.5 Å². The number of aromatic nitrogens is 3. The molecule has 0 saturated carbocycles. The minimum atomic E-state index is -0.319. The van der Waals surface area contributed by atoms with E-state index in [2.05, 4.69) is 20.8 Å². The summed E-state index contributed by atoms with van der Waals surface area (Å²) in [6.45, 7) is 4.03. The molecule has 1 aromatic heterocycles. The van der Waals surface area contributed by atoms with Crippen LogP contribution in [0.15, 0.2) is 59.8 Å². The minimum absolute atomic E-state index is 0.0970. The van der Waals surface area contributed by atoms with Gasteiger partial charge in [0.05, 0.1) is 18.9 Å². The van der Waals surface area contributed by atoms with Crippen molar-refractivity contribution in [2.45, 2.75) is 25.0 Å². The molecule has 32 heavy (non-hydrogen) atoms. The Balaban J connectivity index is 1.64. The van der Waals surface area contributed by atoms with Crippen LogP contribution in [0.4, 0.5) is 5.69 Å². The van der Waals surface area contributed by atoms with Crippen LogP contribution in [-0.2, 0) is 11.8 Å². The van der Waals surface area contributed by atoms with Crippen molar-refractivity contribution in [2.75, 3.05) is 18.2 Å². The molecule has 2 aromatic carbocycles. The summed E-state index contributed by atoms with van der Waals surface area (Å²) in [7, 11) is 3.41. The van der Waals surface area contributed by atoms with E-state index in [0.29, 0.717) is 28.0 Å². The first-order valence-electron chi connectivity index (χ1n) is 10.2. The Labute approximate surface area is 191 Å². The molecule has 0 aliphatic carbocycles. The minimum Gasteiger partial charge on any atom is -0.497 e. The summed E-state index contributed by atoms with van der Waals surface area (Å²) in [5.41, 5.74) is 1.25. The number of hydrogen-bond acceptors (Lipinski definition) is 6. The van der Waals surface area contributed by atoms with Gasteiger partial charge >= 0.3 is 0 Å². The highest BCUT2D eigenvalue weighted by molar-refractivity contribution is 7.99. The molecule has 1 heterocycles. The Morgan fingerprint density at radius 2 is 1.84 bits per heavy atom. The molecule has 0 saturated heterocycles. The quantitative estimate of drug-likeness (QED) is 0.480. The van der Waals surface area contributed by atoms with Gasteiger partial charge in [-0.2, -0.15) is 0 Å². The number of carbonyl (C=O) groups excluding carboxylic acids is 2. The average Bonchev–Trinajstić information content (AvgIpc) is 3.16. The summed E-state index contributed by atoms with van der Waals surface area (Å²) in [5, 5.41) is 15.0. The molecule has 9 heteroatoms. The number of methoxy groups -OCH3 is 1. The second-order valence-corrected chi connectivity index (χ2v) is 8.47. The molecule has 168 valence electrons. The summed E-state index contributed by atoms with van der Waals surface area (Å²) < 4.78 is 6.99. The lowest BCUT2D eigenvalue weighted by molar-refractivity contribution is -0.113. The van der Waals surface area contributed by atoms with Gasteiger partial charge in [-0.05, 0) is 30.2 Å². The van der Waals surface area contributed by atoms with Gasteiger partial charge in [0, 0.05) is 24.4 Å². The van der Waals surface area contributed by atoms with Crippen molar-refractivity contribution < 1.29 is 14.3 Å². The van der Waals surface area contributed by atoms with Gasteiger partial charge in [0.2, 0.25) is 5.91 Å². The summed E-state index contributed by atoms with van der Waals surface area (Å²) >= 11 is 1.28. The lowest BCUT2D eigenvalue weighted by Gasteiger charge is -2.21. The van der Waals surface area contributed by atoms with E-state index in [9.17, 15) is 9.59 Å². The van der Waals surface area contributed by atoms with Crippen molar-refractivity contribution in [3.8, 4) is 5.75 Å². The Hall–Kier alpha value is -3.33. The van der Waals surface area contributed by atoms with Crippen LogP contribution in [-0.4, -0.2) is 39.4 Å². The van der Waals surface area contributed by atoms with Crippen molar-refractivity contribution in [2.24, 2.45) is 13.0 Å². The summed E-state index contributed by atoms with van der Waals surface area (Å²) in [6, 6.07) is 15.9. The number of hydrogen-bond donors (Lipinski definition) is 2. The van der Waals surface area contributed by atoms with Gasteiger partial charge in [-0.1, -0.05) is 49.9 Å². The Bertz CT molecular complexity index is 1070. The number of thioether (sulfide) groups is 1. The van der Waals surface area contributed by atoms with Crippen LogP contribution in [0.3, 0.4) is 0 Å². The summed E-state index contributed by atoms with van der Waals surface area (Å²) in [5.74, 6) is 1.25.